The number of benzene rings is 1. The molecule has 0 atom stereocenters. The van der Waals surface area contributed by atoms with E-state index in [1.54, 1.807) is 0 Å². The Morgan fingerprint density at radius 3 is 3.19 bits per heavy atom. The summed E-state index contributed by atoms with van der Waals surface area (Å²) in [6.45, 7) is 5.65. The fourth-order valence-corrected chi connectivity index (χ4v) is 2.79. The van der Waals surface area contributed by atoms with Gasteiger partial charge in [0.2, 0.25) is 0 Å². The molecule has 0 radical (unpaired) electrons. The molecule has 2 heterocycles. The van der Waals surface area contributed by atoms with Crippen LogP contribution in [-0.4, -0.2) is 29.3 Å². The molecule has 0 spiro atoms. The Kier molecular flexibility index (Phi) is 4.55. The van der Waals surface area contributed by atoms with Crippen molar-refractivity contribution in [3.63, 3.8) is 0 Å². The van der Waals surface area contributed by atoms with Gasteiger partial charge in [-0.2, -0.15) is 0 Å². The molecule has 2 aromatic rings. The molecule has 1 aliphatic rings. The number of unbranched alkanes of at least 4 members (excludes halogenated alkanes) is 1. The summed E-state index contributed by atoms with van der Waals surface area (Å²) >= 11 is 0. The number of para-hydroxylation sites is 1. The number of nitrogens with zero attached hydrogens (tertiary/aromatic N) is 2. The smallest absolute Gasteiger partial charge is 0.0951 e. The maximum absolute atomic E-state index is 5.67. The normalized spacial score (nSPS) is 13.2. The van der Waals surface area contributed by atoms with Crippen molar-refractivity contribution in [2.45, 2.75) is 32.7 Å². The van der Waals surface area contributed by atoms with E-state index in [1.165, 1.54) is 28.9 Å². The molecule has 0 saturated carbocycles. The highest BCUT2D eigenvalue weighted by atomic mass is 16.5. The third kappa shape index (κ3) is 3.10. The van der Waals surface area contributed by atoms with Crippen LogP contribution in [0, 0.1) is 0 Å². The Morgan fingerprint density at radius 1 is 1.33 bits per heavy atom. The summed E-state index contributed by atoms with van der Waals surface area (Å²) in [7, 11) is 0. The molecule has 4 nitrogen and oxygen atoms in total. The molecule has 1 aromatic carbocycles. The van der Waals surface area contributed by atoms with Gasteiger partial charge in [-0.25, -0.2) is 4.98 Å². The van der Waals surface area contributed by atoms with Crippen LogP contribution in [0.5, 0.6) is 0 Å². The van der Waals surface area contributed by atoms with Gasteiger partial charge < -0.3 is 14.6 Å². The maximum Gasteiger partial charge on any atom is 0.0951 e. The molecular formula is C17H23N3O. The highest BCUT2D eigenvalue weighted by Gasteiger charge is 2.16. The number of rotatable bonds is 7. The first kappa shape index (κ1) is 14.1. The molecule has 0 unspecified atom stereocenters. The van der Waals surface area contributed by atoms with Crippen molar-refractivity contribution in [1.29, 1.82) is 0 Å². The topological polar surface area (TPSA) is 39.1 Å². The van der Waals surface area contributed by atoms with Gasteiger partial charge in [-0.15, -0.1) is 0 Å². The molecule has 112 valence electrons. The minimum atomic E-state index is 0.742. The van der Waals surface area contributed by atoms with Gasteiger partial charge in [0.1, 0.15) is 0 Å². The van der Waals surface area contributed by atoms with Crippen LogP contribution >= 0.6 is 0 Å². The van der Waals surface area contributed by atoms with Gasteiger partial charge in [-0.3, -0.25) is 0 Å². The van der Waals surface area contributed by atoms with Crippen molar-refractivity contribution in [3.05, 3.63) is 36.3 Å². The van der Waals surface area contributed by atoms with E-state index in [9.17, 15) is 0 Å². The minimum absolute atomic E-state index is 0.742. The Bertz CT molecular complexity index is 591. The van der Waals surface area contributed by atoms with Gasteiger partial charge in [0.25, 0.3) is 0 Å². The SMILES string of the molecule is CCCCOCCn1cncc1-c1cccc2c1NCC2. The van der Waals surface area contributed by atoms with E-state index >= 15 is 0 Å². The molecule has 0 amide bonds. The lowest BCUT2D eigenvalue weighted by Crippen LogP contribution is -2.07. The predicted octanol–water partition coefficient (Wildman–Crippen LogP) is 3.33. The molecule has 0 bridgehead atoms. The van der Waals surface area contributed by atoms with Crippen LogP contribution in [0.1, 0.15) is 25.3 Å². The number of ether oxygens (including phenoxy) is 1. The second kappa shape index (κ2) is 6.76. The van der Waals surface area contributed by atoms with Gasteiger partial charge >= 0.3 is 0 Å². The van der Waals surface area contributed by atoms with Crippen LogP contribution in [0.25, 0.3) is 11.3 Å². The largest absolute Gasteiger partial charge is 0.384 e. The molecule has 3 rings (SSSR count). The number of aromatic nitrogens is 2. The van der Waals surface area contributed by atoms with Crippen molar-refractivity contribution in [2.24, 2.45) is 0 Å². The first-order chi connectivity index (χ1) is 10.4. The summed E-state index contributed by atoms with van der Waals surface area (Å²) in [5.74, 6) is 0. The van der Waals surface area contributed by atoms with E-state index in [0.29, 0.717) is 0 Å². The van der Waals surface area contributed by atoms with E-state index in [4.69, 9.17) is 4.74 Å². The maximum atomic E-state index is 5.67. The molecule has 0 aliphatic carbocycles. The molecule has 21 heavy (non-hydrogen) atoms. The lowest BCUT2D eigenvalue weighted by atomic mass is 10.1. The monoisotopic (exact) mass is 285 g/mol. The number of fused-ring (bicyclic) bond motifs is 1. The third-order valence-electron chi connectivity index (χ3n) is 3.95. The van der Waals surface area contributed by atoms with Gasteiger partial charge in [0.15, 0.2) is 0 Å². The van der Waals surface area contributed by atoms with Crippen LogP contribution in [-0.2, 0) is 17.7 Å². The lowest BCUT2D eigenvalue weighted by molar-refractivity contribution is 0.124. The Balaban J connectivity index is 1.72. The summed E-state index contributed by atoms with van der Waals surface area (Å²) in [5.41, 5.74) is 5.09. The fourth-order valence-electron chi connectivity index (χ4n) is 2.79. The number of imidazole rings is 1. The number of anilines is 1. The molecule has 0 saturated heterocycles. The fraction of sp³-hybridized carbons (Fsp3) is 0.471. The van der Waals surface area contributed by atoms with Crippen molar-refractivity contribution in [2.75, 3.05) is 25.1 Å². The second-order valence-corrected chi connectivity index (χ2v) is 5.45. The first-order valence-electron chi connectivity index (χ1n) is 7.84. The van der Waals surface area contributed by atoms with E-state index < -0.39 is 0 Å². The molecule has 4 heteroatoms. The van der Waals surface area contributed by atoms with Crippen LogP contribution in [0.15, 0.2) is 30.7 Å². The standard InChI is InChI=1S/C17H23N3O/c1-2-3-10-21-11-9-20-13-18-12-16(20)15-6-4-5-14-7-8-19-17(14)15/h4-6,12-13,19H,2-3,7-11H2,1H3. The zero-order chi connectivity index (χ0) is 14.5. The highest BCUT2D eigenvalue weighted by molar-refractivity contribution is 5.79. The minimum Gasteiger partial charge on any atom is -0.384 e. The Labute approximate surface area is 126 Å². The van der Waals surface area contributed by atoms with Gasteiger partial charge in [-0.05, 0) is 18.4 Å². The number of nitrogens with one attached hydrogen (secondary N) is 1. The van der Waals surface area contributed by atoms with Crippen molar-refractivity contribution in [1.82, 2.24) is 9.55 Å². The quantitative estimate of drug-likeness (QED) is 0.793. The van der Waals surface area contributed by atoms with E-state index in [0.717, 1.165) is 39.1 Å². The predicted molar refractivity (Wildman–Crippen MR) is 85.6 cm³/mol. The van der Waals surface area contributed by atoms with Crippen LogP contribution in [0.4, 0.5) is 5.69 Å². The lowest BCUT2D eigenvalue weighted by Gasteiger charge is -2.12. The first-order valence-corrected chi connectivity index (χ1v) is 7.84. The van der Waals surface area contributed by atoms with Crippen LogP contribution in [0.3, 0.4) is 0 Å². The van der Waals surface area contributed by atoms with Crippen LogP contribution in [0.2, 0.25) is 0 Å². The van der Waals surface area contributed by atoms with Gasteiger partial charge in [0.05, 0.1) is 24.8 Å². The molecule has 0 fully saturated rings. The van der Waals surface area contributed by atoms with Crippen molar-refractivity contribution in [3.8, 4) is 11.3 Å². The Morgan fingerprint density at radius 2 is 2.29 bits per heavy atom. The summed E-state index contributed by atoms with van der Waals surface area (Å²) < 4.78 is 7.85. The second-order valence-electron chi connectivity index (χ2n) is 5.45. The molecule has 1 aliphatic heterocycles. The van der Waals surface area contributed by atoms with Gasteiger partial charge in [0, 0.05) is 30.9 Å². The van der Waals surface area contributed by atoms with E-state index in [1.807, 2.05) is 12.5 Å². The number of hydrogen-bond acceptors (Lipinski definition) is 3. The molecular weight excluding hydrogens is 262 g/mol. The van der Waals surface area contributed by atoms with E-state index in [2.05, 4.69) is 40.0 Å². The van der Waals surface area contributed by atoms with Crippen molar-refractivity contribution >= 4 is 5.69 Å². The molecule has 1 N–H and O–H groups in total. The average Bonchev–Trinajstić information content (AvgIpc) is 3.15. The average molecular weight is 285 g/mol. The van der Waals surface area contributed by atoms with E-state index in [-0.39, 0.29) is 0 Å². The summed E-state index contributed by atoms with van der Waals surface area (Å²) in [6.07, 6.45) is 7.26. The summed E-state index contributed by atoms with van der Waals surface area (Å²) in [6, 6.07) is 6.51. The Hall–Kier alpha value is -1.81. The third-order valence-corrected chi connectivity index (χ3v) is 3.95. The zero-order valence-corrected chi connectivity index (χ0v) is 12.6. The highest BCUT2D eigenvalue weighted by Crippen LogP contribution is 2.34. The summed E-state index contributed by atoms with van der Waals surface area (Å²) in [4.78, 5) is 4.32. The van der Waals surface area contributed by atoms with Gasteiger partial charge in [-0.1, -0.05) is 31.5 Å². The van der Waals surface area contributed by atoms with Crippen molar-refractivity contribution < 1.29 is 4.74 Å². The molecule has 1 aromatic heterocycles. The summed E-state index contributed by atoms with van der Waals surface area (Å²) in [5, 5.41) is 3.50. The number of hydrogen-bond donors (Lipinski definition) is 1. The zero-order valence-electron chi connectivity index (χ0n) is 12.6. The van der Waals surface area contributed by atoms with Crippen LogP contribution < -0.4 is 5.32 Å².